The fourth-order valence-corrected chi connectivity index (χ4v) is 9.92. The number of para-hydroxylation sites is 2. The third-order valence-corrected chi connectivity index (χ3v) is 12.3. The second-order valence-corrected chi connectivity index (χ2v) is 15.3. The minimum Gasteiger partial charge on any atom is -0.309 e. The van der Waals surface area contributed by atoms with Crippen molar-refractivity contribution in [3.63, 3.8) is 0 Å². The predicted molar refractivity (Wildman–Crippen MR) is 225 cm³/mol. The van der Waals surface area contributed by atoms with Gasteiger partial charge in [0.2, 0.25) is 0 Å². The molecule has 53 heavy (non-hydrogen) atoms. The zero-order valence-electron chi connectivity index (χ0n) is 29.6. The monoisotopic (exact) mass is 674 g/mol. The van der Waals surface area contributed by atoms with Crippen molar-refractivity contribution in [2.24, 2.45) is 0 Å². The zero-order valence-corrected chi connectivity index (χ0v) is 29.6. The van der Waals surface area contributed by atoms with E-state index in [-0.39, 0.29) is 5.41 Å². The molecule has 248 valence electrons. The number of aromatic nitrogens is 2. The molecule has 0 aliphatic heterocycles. The van der Waals surface area contributed by atoms with Crippen molar-refractivity contribution in [1.82, 2.24) is 9.13 Å². The summed E-state index contributed by atoms with van der Waals surface area (Å²) in [5, 5.41) is 12.8. The summed E-state index contributed by atoms with van der Waals surface area (Å²) in [6.45, 7) is 4.74. The zero-order chi connectivity index (χ0) is 35.0. The lowest BCUT2D eigenvalue weighted by molar-refractivity contribution is 0.660. The molecular formula is C51H34N2. The van der Waals surface area contributed by atoms with Gasteiger partial charge in [-0.05, 0) is 97.0 Å². The Balaban J connectivity index is 1.19. The first-order valence-electron chi connectivity index (χ1n) is 18.6. The van der Waals surface area contributed by atoms with E-state index in [1.54, 1.807) is 0 Å². The highest BCUT2D eigenvalue weighted by molar-refractivity contribution is 6.27. The molecule has 0 saturated carbocycles. The van der Waals surface area contributed by atoms with Crippen LogP contribution in [0.5, 0.6) is 0 Å². The SMILES string of the molecule is CC1(C)c2ccccc2-c2ccc(-n3c4ccccc4c4ccc5c(c6ccccc6n5-c5ccc6c7ccccc7c7ccccc7c6c5)c43)cc21. The molecule has 12 rings (SSSR count). The summed E-state index contributed by atoms with van der Waals surface area (Å²) in [5.41, 5.74) is 12.7. The first-order valence-corrected chi connectivity index (χ1v) is 18.6. The molecule has 0 fully saturated rings. The molecule has 2 nitrogen and oxygen atoms in total. The Hall–Kier alpha value is -6.64. The molecule has 9 aromatic carbocycles. The largest absolute Gasteiger partial charge is 0.309 e. The molecule has 0 N–H and O–H groups in total. The summed E-state index contributed by atoms with van der Waals surface area (Å²) in [6.07, 6.45) is 0. The van der Waals surface area contributed by atoms with E-state index in [1.807, 2.05) is 0 Å². The van der Waals surface area contributed by atoms with Gasteiger partial charge in [0.15, 0.2) is 0 Å². The van der Waals surface area contributed by atoms with Crippen molar-refractivity contribution in [2.45, 2.75) is 19.3 Å². The van der Waals surface area contributed by atoms with Gasteiger partial charge in [0, 0.05) is 38.3 Å². The lowest BCUT2D eigenvalue weighted by Crippen LogP contribution is -2.15. The van der Waals surface area contributed by atoms with E-state index >= 15 is 0 Å². The predicted octanol–water partition coefficient (Wildman–Crippen LogP) is 13.6. The summed E-state index contributed by atoms with van der Waals surface area (Å²) in [6, 6.07) is 63.4. The number of hydrogen-bond donors (Lipinski definition) is 0. The highest BCUT2D eigenvalue weighted by Crippen LogP contribution is 2.50. The van der Waals surface area contributed by atoms with Crippen LogP contribution in [0.1, 0.15) is 25.0 Å². The second-order valence-electron chi connectivity index (χ2n) is 15.3. The molecule has 0 spiro atoms. The molecule has 1 aliphatic rings. The minimum absolute atomic E-state index is 0.0857. The Morgan fingerprint density at radius 3 is 1.58 bits per heavy atom. The minimum atomic E-state index is -0.0857. The summed E-state index contributed by atoms with van der Waals surface area (Å²) in [4.78, 5) is 0. The van der Waals surface area contributed by atoms with Gasteiger partial charge < -0.3 is 9.13 Å². The Morgan fingerprint density at radius 2 is 0.849 bits per heavy atom. The van der Waals surface area contributed by atoms with Gasteiger partial charge in [-0.2, -0.15) is 0 Å². The maximum atomic E-state index is 2.53. The van der Waals surface area contributed by atoms with Crippen LogP contribution in [-0.2, 0) is 5.41 Å². The highest BCUT2D eigenvalue weighted by Gasteiger charge is 2.35. The van der Waals surface area contributed by atoms with Crippen molar-refractivity contribution in [1.29, 1.82) is 0 Å². The maximum Gasteiger partial charge on any atom is 0.0641 e. The van der Waals surface area contributed by atoms with Crippen molar-refractivity contribution >= 4 is 75.9 Å². The summed E-state index contributed by atoms with van der Waals surface area (Å²) in [7, 11) is 0. The first kappa shape index (κ1) is 29.0. The molecule has 0 saturated heterocycles. The van der Waals surface area contributed by atoms with Gasteiger partial charge >= 0.3 is 0 Å². The van der Waals surface area contributed by atoms with Crippen LogP contribution in [0.3, 0.4) is 0 Å². The van der Waals surface area contributed by atoms with E-state index in [0.29, 0.717) is 0 Å². The smallest absolute Gasteiger partial charge is 0.0641 e. The van der Waals surface area contributed by atoms with E-state index in [4.69, 9.17) is 0 Å². The number of nitrogens with zero attached hydrogens (tertiary/aromatic N) is 2. The summed E-state index contributed by atoms with van der Waals surface area (Å²) >= 11 is 0. The number of hydrogen-bond acceptors (Lipinski definition) is 0. The quantitative estimate of drug-likeness (QED) is 0.162. The van der Waals surface area contributed by atoms with Crippen molar-refractivity contribution < 1.29 is 0 Å². The van der Waals surface area contributed by atoms with E-state index in [9.17, 15) is 0 Å². The van der Waals surface area contributed by atoms with Crippen molar-refractivity contribution in [2.75, 3.05) is 0 Å². The van der Waals surface area contributed by atoms with Gasteiger partial charge in [-0.15, -0.1) is 0 Å². The molecule has 11 aromatic rings. The van der Waals surface area contributed by atoms with Crippen LogP contribution in [0.4, 0.5) is 0 Å². The van der Waals surface area contributed by atoms with E-state index in [1.165, 1.54) is 110 Å². The van der Waals surface area contributed by atoms with E-state index < -0.39 is 0 Å². The van der Waals surface area contributed by atoms with E-state index in [2.05, 4.69) is 193 Å². The number of benzene rings is 9. The Kier molecular flexibility index (Phi) is 5.60. The number of fused-ring (bicyclic) bond motifs is 16. The van der Waals surface area contributed by atoms with Gasteiger partial charge in [-0.25, -0.2) is 0 Å². The molecule has 1 aliphatic carbocycles. The van der Waals surface area contributed by atoms with Crippen LogP contribution in [0.25, 0.3) is 98.4 Å². The summed E-state index contributed by atoms with van der Waals surface area (Å²) in [5.74, 6) is 0. The molecule has 2 aromatic heterocycles. The van der Waals surface area contributed by atoms with Crippen LogP contribution >= 0.6 is 0 Å². The Morgan fingerprint density at radius 1 is 0.340 bits per heavy atom. The van der Waals surface area contributed by atoms with Crippen LogP contribution in [0, 0.1) is 0 Å². The van der Waals surface area contributed by atoms with Gasteiger partial charge in [-0.3, -0.25) is 0 Å². The first-order chi connectivity index (χ1) is 26.1. The van der Waals surface area contributed by atoms with Crippen LogP contribution < -0.4 is 0 Å². The van der Waals surface area contributed by atoms with Crippen molar-refractivity contribution in [3.05, 3.63) is 181 Å². The van der Waals surface area contributed by atoms with Crippen LogP contribution in [-0.4, -0.2) is 9.13 Å². The molecule has 0 unspecified atom stereocenters. The fraction of sp³-hybridized carbons (Fsp3) is 0.0588. The van der Waals surface area contributed by atoms with Gasteiger partial charge in [-0.1, -0.05) is 141 Å². The molecular weight excluding hydrogens is 641 g/mol. The Labute approximate surface area is 306 Å². The lowest BCUT2D eigenvalue weighted by Gasteiger charge is -2.22. The maximum absolute atomic E-state index is 2.53. The van der Waals surface area contributed by atoms with Gasteiger partial charge in [0.05, 0.1) is 22.1 Å². The topological polar surface area (TPSA) is 9.86 Å². The second kappa shape index (κ2) is 10.2. The average molecular weight is 675 g/mol. The molecule has 0 bridgehead atoms. The molecule has 0 amide bonds. The molecule has 2 heterocycles. The van der Waals surface area contributed by atoms with E-state index in [0.717, 1.165) is 0 Å². The van der Waals surface area contributed by atoms with Crippen molar-refractivity contribution in [3.8, 4) is 22.5 Å². The highest BCUT2D eigenvalue weighted by atomic mass is 15.0. The fourth-order valence-electron chi connectivity index (χ4n) is 9.92. The third-order valence-electron chi connectivity index (χ3n) is 12.3. The van der Waals surface area contributed by atoms with Gasteiger partial charge in [0.25, 0.3) is 0 Å². The molecule has 0 atom stereocenters. The molecule has 0 radical (unpaired) electrons. The van der Waals surface area contributed by atoms with Crippen LogP contribution in [0.2, 0.25) is 0 Å². The Bertz CT molecular complexity index is 3330. The average Bonchev–Trinajstić information content (AvgIpc) is 3.81. The van der Waals surface area contributed by atoms with Crippen LogP contribution in [0.15, 0.2) is 170 Å². The lowest BCUT2D eigenvalue weighted by atomic mass is 9.82. The third kappa shape index (κ3) is 3.72. The standard InChI is InChI=1S/C51H34N2/c1-51(2)44-20-10-7-17-38(44)39-26-24-32(30-45(39)51)53-46-21-11-8-18-40(46)41-27-28-48-49(50(41)53)42-19-9-12-22-47(42)52(48)31-23-25-37-35-15-4-3-13-33(35)34-14-5-6-16-36(34)43(37)29-31/h3-30H,1-2H3. The molecule has 2 heteroatoms. The normalized spacial score (nSPS) is 13.6. The number of rotatable bonds is 2. The summed E-state index contributed by atoms with van der Waals surface area (Å²) < 4.78 is 5.02. The van der Waals surface area contributed by atoms with Gasteiger partial charge in [0.1, 0.15) is 0 Å².